The third-order valence-electron chi connectivity index (χ3n) is 3.09. The molecule has 1 amide bonds. The minimum Gasteiger partial charge on any atom is -0.449 e. The minimum absolute atomic E-state index is 0.0744. The van der Waals surface area contributed by atoms with Crippen LogP contribution in [0.15, 0.2) is 36.4 Å². The molecule has 24 heavy (non-hydrogen) atoms. The van der Waals surface area contributed by atoms with Crippen LogP contribution in [0.3, 0.4) is 0 Å². The number of nitrogen functional groups attached to an aromatic ring is 1. The van der Waals surface area contributed by atoms with Crippen LogP contribution in [0.1, 0.15) is 12.5 Å². The van der Waals surface area contributed by atoms with E-state index >= 15 is 0 Å². The summed E-state index contributed by atoms with van der Waals surface area (Å²) in [5, 5.41) is 10.7. The lowest BCUT2D eigenvalue weighted by Crippen LogP contribution is -2.32. The first kappa shape index (κ1) is 17.5. The van der Waals surface area contributed by atoms with Crippen molar-refractivity contribution in [3.05, 3.63) is 57.1 Å². The number of nitro groups is 1. The summed E-state index contributed by atoms with van der Waals surface area (Å²) < 4.78 is 5.02. The lowest BCUT2D eigenvalue weighted by molar-refractivity contribution is -0.384. The van der Waals surface area contributed by atoms with Crippen LogP contribution in [0.25, 0.3) is 0 Å². The van der Waals surface area contributed by atoms with Crippen LogP contribution in [0.5, 0.6) is 0 Å². The molecule has 0 fully saturated rings. The predicted molar refractivity (Wildman–Crippen MR) is 90.0 cm³/mol. The number of aromatic nitrogens is 1. The van der Waals surface area contributed by atoms with E-state index in [4.69, 9.17) is 22.1 Å². The lowest BCUT2D eigenvalue weighted by atomic mass is 10.2. The van der Waals surface area contributed by atoms with Crippen LogP contribution in [-0.4, -0.2) is 22.6 Å². The van der Waals surface area contributed by atoms with Crippen LogP contribution >= 0.6 is 11.6 Å². The topological polar surface area (TPSA) is 112 Å². The number of pyridine rings is 1. The van der Waals surface area contributed by atoms with Gasteiger partial charge in [-0.05, 0) is 12.5 Å². The Morgan fingerprint density at radius 1 is 1.42 bits per heavy atom. The maximum Gasteiger partial charge on any atom is 0.415 e. The second kappa shape index (κ2) is 7.60. The number of amides is 1. The van der Waals surface area contributed by atoms with Gasteiger partial charge in [-0.1, -0.05) is 41.9 Å². The second-order valence-electron chi connectivity index (χ2n) is 4.72. The van der Waals surface area contributed by atoms with E-state index in [-0.39, 0.29) is 29.8 Å². The van der Waals surface area contributed by atoms with Crippen molar-refractivity contribution in [2.24, 2.45) is 0 Å². The number of anilines is 2. The first-order valence-corrected chi connectivity index (χ1v) is 7.40. The van der Waals surface area contributed by atoms with E-state index in [1.807, 2.05) is 30.3 Å². The van der Waals surface area contributed by atoms with E-state index in [2.05, 4.69) is 4.98 Å². The molecule has 2 rings (SSSR count). The van der Waals surface area contributed by atoms with Crippen LogP contribution in [0.2, 0.25) is 5.02 Å². The van der Waals surface area contributed by atoms with Crippen molar-refractivity contribution in [2.45, 2.75) is 13.5 Å². The van der Waals surface area contributed by atoms with Gasteiger partial charge in [0.25, 0.3) is 0 Å². The Morgan fingerprint density at radius 3 is 2.62 bits per heavy atom. The standard InChI is InChI=1S/C15H15ClN4O4/c1-2-24-15(21)19(9-10-6-4-3-5-7-10)12-8-11(16)13(20(22)23)14(17)18-12/h3-8H,2,9H2,1H3,(H2,17,18). The molecule has 0 aliphatic carbocycles. The van der Waals surface area contributed by atoms with E-state index in [0.717, 1.165) is 5.56 Å². The number of ether oxygens (including phenoxy) is 1. The fraction of sp³-hybridized carbons (Fsp3) is 0.200. The van der Waals surface area contributed by atoms with Gasteiger partial charge in [0, 0.05) is 6.07 Å². The van der Waals surface area contributed by atoms with Gasteiger partial charge in [-0.2, -0.15) is 0 Å². The van der Waals surface area contributed by atoms with Gasteiger partial charge >= 0.3 is 11.8 Å². The Balaban J connectivity index is 2.43. The SMILES string of the molecule is CCOC(=O)N(Cc1ccccc1)c1cc(Cl)c([N+](=O)[O-])c(N)n1. The highest BCUT2D eigenvalue weighted by Crippen LogP contribution is 2.33. The maximum atomic E-state index is 12.2. The summed E-state index contributed by atoms with van der Waals surface area (Å²) in [4.78, 5) is 27.6. The van der Waals surface area contributed by atoms with Crippen molar-refractivity contribution in [3.63, 3.8) is 0 Å². The molecule has 0 aliphatic heterocycles. The number of hydrogen-bond donors (Lipinski definition) is 1. The van der Waals surface area contributed by atoms with Crippen molar-refractivity contribution in [1.82, 2.24) is 4.98 Å². The molecular formula is C15H15ClN4O4. The molecular weight excluding hydrogens is 336 g/mol. The smallest absolute Gasteiger partial charge is 0.415 e. The molecule has 0 spiro atoms. The molecule has 0 atom stereocenters. The number of benzene rings is 1. The molecule has 0 saturated carbocycles. The highest BCUT2D eigenvalue weighted by molar-refractivity contribution is 6.33. The summed E-state index contributed by atoms with van der Waals surface area (Å²) in [6, 6.07) is 10.4. The van der Waals surface area contributed by atoms with Gasteiger partial charge < -0.3 is 10.5 Å². The van der Waals surface area contributed by atoms with E-state index in [1.165, 1.54) is 11.0 Å². The van der Waals surface area contributed by atoms with Gasteiger partial charge in [0.1, 0.15) is 10.8 Å². The fourth-order valence-electron chi connectivity index (χ4n) is 2.04. The highest BCUT2D eigenvalue weighted by atomic mass is 35.5. The molecule has 8 nitrogen and oxygen atoms in total. The zero-order chi connectivity index (χ0) is 17.7. The Morgan fingerprint density at radius 2 is 2.08 bits per heavy atom. The van der Waals surface area contributed by atoms with Crippen molar-refractivity contribution in [2.75, 3.05) is 17.2 Å². The molecule has 126 valence electrons. The van der Waals surface area contributed by atoms with E-state index in [0.29, 0.717) is 0 Å². The zero-order valence-corrected chi connectivity index (χ0v) is 13.6. The van der Waals surface area contributed by atoms with Crippen LogP contribution in [0.4, 0.5) is 22.1 Å². The molecule has 0 bridgehead atoms. The fourth-order valence-corrected chi connectivity index (χ4v) is 2.30. The Bertz CT molecular complexity index is 731. The molecule has 0 aliphatic rings. The third kappa shape index (κ3) is 3.90. The van der Waals surface area contributed by atoms with E-state index < -0.39 is 16.7 Å². The first-order valence-electron chi connectivity index (χ1n) is 7.02. The number of carbonyl (C=O) groups is 1. The quantitative estimate of drug-likeness (QED) is 0.653. The van der Waals surface area contributed by atoms with Gasteiger partial charge in [0.2, 0.25) is 5.82 Å². The number of hydrogen-bond acceptors (Lipinski definition) is 6. The van der Waals surface area contributed by atoms with Gasteiger partial charge in [-0.3, -0.25) is 15.0 Å². The predicted octanol–water partition coefficient (Wildman–Crippen LogP) is 3.39. The molecule has 1 aromatic heterocycles. The first-order chi connectivity index (χ1) is 11.4. The van der Waals surface area contributed by atoms with Gasteiger partial charge in [-0.25, -0.2) is 9.78 Å². The normalized spacial score (nSPS) is 10.2. The summed E-state index contributed by atoms with van der Waals surface area (Å²) in [5.74, 6) is -0.296. The monoisotopic (exact) mass is 350 g/mol. The Hall–Kier alpha value is -2.87. The van der Waals surface area contributed by atoms with Crippen molar-refractivity contribution >= 4 is 35.0 Å². The van der Waals surface area contributed by atoms with Gasteiger partial charge in [0.15, 0.2) is 0 Å². The van der Waals surface area contributed by atoms with Crippen LogP contribution in [0, 0.1) is 10.1 Å². The summed E-state index contributed by atoms with van der Waals surface area (Å²) in [7, 11) is 0. The molecule has 1 aromatic carbocycles. The van der Waals surface area contributed by atoms with Crippen LogP contribution in [-0.2, 0) is 11.3 Å². The van der Waals surface area contributed by atoms with Gasteiger partial charge in [-0.15, -0.1) is 0 Å². The third-order valence-corrected chi connectivity index (χ3v) is 3.38. The van der Waals surface area contributed by atoms with Gasteiger partial charge in [0.05, 0.1) is 18.1 Å². The van der Waals surface area contributed by atoms with E-state index in [1.54, 1.807) is 6.92 Å². The van der Waals surface area contributed by atoms with Crippen molar-refractivity contribution < 1.29 is 14.5 Å². The number of nitrogens with zero attached hydrogens (tertiary/aromatic N) is 3. The molecule has 2 N–H and O–H groups in total. The van der Waals surface area contributed by atoms with Crippen LogP contribution < -0.4 is 10.6 Å². The molecule has 0 unspecified atom stereocenters. The average Bonchev–Trinajstić information content (AvgIpc) is 2.52. The molecule has 9 heteroatoms. The molecule has 2 aromatic rings. The minimum atomic E-state index is -0.722. The summed E-state index contributed by atoms with van der Waals surface area (Å²) in [6.45, 7) is 1.99. The zero-order valence-electron chi connectivity index (χ0n) is 12.8. The number of rotatable bonds is 5. The van der Waals surface area contributed by atoms with Crippen molar-refractivity contribution in [1.29, 1.82) is 0 Å². The molecule has 0 saturated heterocycles. The second-order valence-corrected chi connectivity index (χ2v) is 5.13. The Kier molecular flexibility index (Phi) is 5.54. The summed E-state index contributed by atoms with van der Waals surface area (Å²) in [6.07, 6.45) is -0.654. The summed E-state index contributed by atoms with van der Waals surface area (Å²) in [5.41, 5.74) is 5.94. The number of carbonyl (C=O) groups excluding carboxylic acids is 1. The maximum absolute atomic E-state index is 12.2. The van der Waals surface area contributed by atoms with E-state index in [9.17, 15) is 14.9 Å². The number of nitrogens with two attached hydrogens (primary N) is 1. The summed E-state index contributed by atoms with van der Waals surface area (Å²) >= 11 is 5.92. The molecule has 1 heterocycles. The Labute approximate surface area is 142 Å². The average molecular weight is 351 g/mol. The number of halogens is 1. The lowest BCUT2D eigenvalue weighted by Gasteiger charge is -2.21. The highest BCUT2D eigenvalue weighted by Gasteiger charge is 2.25. The largest absolute Gasteiger partial charge is 0.449 e. The molecule has 0 radical (unpaired) electrons. The van der Waals surface area contributed by atoms with Crippen molar-refractivity contribution in [3.8, 4) is 0 Å².